The van der Waals surface area contributed by atoms with E-state index in [1.807, 2.05) is 35.2 Å². The molecule has 0 bridgehead atoms. The summed E-state index contributed by atoms with van der Waals surface area (Å²) in [6, 6.07) is 13.1. The van der Waals surface area contributed by atoms with Gasteiger partial charge < -0.3 is 24.3 Å². The lowest BCUT2D eigenvalue weighted by atomic mass is 9.86. The van der Waals surface area contributed by atoms with Crippen molar-refractivity contribution in [1.29, 1.82) is 0 Å². The minimum Gasteiger partial charge on any atom is -0.454 e. The molecule has 2 amide bonds. The lowest BCUT2D eigenvalue weighted by Crippen LogP contribution is -2.63. The smallest absolute Gasteiger partial charge is 0.246 e. The molecule has 2 aromatic carbocycles. The fourth-order valence-corrected chi connectivity index (χ4v) is 6.03. The summed E-state index contributed by atoms with van der Waals surface area (Å²) in [5.41, 5.74) is 4.05. The van der Waals surface area contributed by atoms with Crippen molar-refractivity contribution in [3.8, 4) is 11.5 Å². The molecule has 0 aliphatic carbocycles. The Bertz CT molecular complexity index is 1300. The summed E-state index contributed by atoms with van der Waals surface area (Å²) in [4.78, 5) is 34.6. The Morgan fingerprint density at radius 3 is 2.67 bits per heavy atom. The number of carbonyl (C=O) groups excluding carboxylic acids is 2. The Balaban J connectivity index is 1.33. The zero-order chi connectivity index (χ0) is 24.6. The van der Waals surface area contributed by atoms with Crippen LogP contribution >= 0.6 is 0 Å². The Morgan fingerprint density at radius 2 is 1.78 bits per heavy atom. The van der Waals surface area contributed by atoms with E-state index in [1.54, 1.807) is 4.90 Å². The number of aromatic nitrogens is 1. The molecule has 3 aliphatic heterocycles. The van der Waals surface area contributed by atoms with Gasteiger partial charge in [0.15, 0.2) is 11.5 Å². The van der Waals surface area contributed by atoms with Crippen LogP contribution in [0.15, 0.2) is 42.5 Å². The van der Waals surface area contributed by atoms with Gasteiger partial charge in [-0.15, -0.1) is 0 Å². The molecule has 7 nitrogen and oxygen atoms in total. The fraction of sp³-hybridized carbons (Fsp3) is 0.448. The van der Waals surface area contributed by atoms with E-state index < -0.39 is 6.04 Å². The molecule has 2 atom stereocenters. The lowest BCUT2D eigenvalue weighted by Gasteiger charge is -2.47. The third kappa shape index (κ3) is 3.91. The van der Waals surface area contributed by atoms with Crippen molar-refractivity contribution < 1.29 is 19.1 Å². The predicted molar refractivity (Wildman–Crippen MR) is 137 cm³/mol. The third-order valence-corrected chi connectivity index (χ3v) is 7.84. The number of piperazine rings is 1. The predicted octanol–water partition coefficient (Wildman–Crippen LogP) is 4.94. The number of amides is 2. The number of nitrogens with zero attached hydrogens (tertiary/aromatic N) is 2. The number of carbonyl (C=O) groups is 2. The molecule has 4 heterocycles. The van der Waals surface area contributed by atoms with Crippen molar-refractivity contribution in [3.05, 3.63) is 59.3 Å². The Morgan fingerprint density at radius 1 is 0.972 bits per heavy atom. The van der Waals surface area contributed by atoms with E-state index in [0.29, 0.717) is 24.5 Å². The van der Waals surface area contributed by atoms with E-state index in [0.717, 1.165) is 40.6 Å². The number of ether oxygens (including phenoxy) is 2. The van der Waals surface area contributed by atoms with E-state index >= 15 is 0 Å². The summed E-state index contributed by atoms with van der Waals surface area (Å²) < 4.78 is 11.2. The highest BCUT2D eigenvalue weighted by molar-refractivity contribution is 5.97. The Labute approximate surface area is 211 Å². The van der Waals surface area contributed by atoms with Gasteiger partial charge in [-0.25, -0.2) is 0 Å². The van der Waals surface area contributed by atoms with Crippen LogP contribution in [0.25, 0.3) is 10.9 Å². The third-order valence-electron chi connectivity index (χ3n) is 7.84. The van der Waals surface area contributed by atoms with Crippen LogP contribution in [0.2, 0.25) is 0 Å². The standard InChI is InChI=1S/C29H33N3O4/c1-2-3-4-5-6-9-14-31-17-26(33)32-23(29(31)34)16-21-20-10-7-8-11-22(20)30-27(21)28(32)19-12-13-24-25(15-19)36-18-35-24/h7-8,10-13,15,23,28,30H,2-6,9,14,16-18H2,1H3/t23-,28-/m0/s1. The molecule has 6 rings (SSSR count). The number of para-hydroxylation sites is 1. The second kappa shape index (κ2) is 9.52. The number of benzene rings is 2. The highest BCUT2D eigenvalue weighted by Gasteiger charge is 2.48. The fourth-order valence-electron chi connectivity index (χ4n) is 6.03. The topological polar surface area (TPSA) is 74.9 Å². The van der Waals surface area contributed by atoms with Crippen molar-refractivity contribution in [2.75, 3.05) is 19.9 Å². The second-order valence-corrected chi connectivity index (χ2v) is 10.1. The van der Waals surface area contributed by atoms with Crippen LogP contribution < -0.4 is 9.47 Å². The highest BCUT2D eigenvalue weighted by Crippen LogP contribution is 2.44. The molecule has 36 heavy (non-hydrogen) atoms. The maximum Gasteiger partial charge on any atom is 0.246 e. The van der Waals surface area contributed by atoms with Crippen molar-refractivity contribution in [2.24, 2.45) is 0 Å². The molecular weight excluding hydrogens is 454 g/mol. The SMILES string of the molecule is CCCCCCCCN1CC(=O)N2[C@@H](c3ccc4c(c3)OCO4)c3[nH]c4ccccc4c3C[C@H]2C1=O. The van der Waals surface area contributed by atoms with E-state index in [-0.39, 0.29) is 31.2 Å². The first-order chi connectivity index (χ1) is 17.7. The average Bonchev–Trinajstić information content (AvgIpc) is 3.51. The number of hydrogen-bond donors (Lipinski definition) is 1. The molecule has 0 saturated carbocycles. The zero-order valence-electron chi connectivity index (χ0n) is 20.8. The molecule has 188 valence electrons. The van der Waals surface area contributed by atoms with Gasteiger partial charge in [-0.05, 0) is 35.7 Å². The average molecular weight is 488 g/mol. The summed E-state index contributed by atoms with van der Waals surface area (Å²) in [7, 11) is 0. The molecule has 3 aliphatic rings. The molecule has 0 spiro atoms. The van der Waals surface area contributed by atoms with E-state index in [1.165, 1.54) is 25.7 Å². The quantitative estimate of drug-likeness (QED) is 0.457. The number of fused-ring (bicyclic) bond motifs is 5. The Hall–Kier alpha value is -3.48. The highest BCUT2D eigenvalue weighted by atomic mass is 16.7. The molecule has 7 heteroatoms. The van der Waals surface area contributed by atoms with Crippen LogP contribution in [0.5, 0.6) is 11.5 Å². The summed E-state index contributed by atoms with van der Waals surface area (Å²) in [6.07, 6.45) is 7.46. The summed E-state index contributed by atoms with van der Waals surface area (Å²) in [5.74, 6) is 1.43. The van der Waals surface area contributed by atoms with Crippen LogP contribution in [0.1, 0.15) is 68.3 Å². The molecule has 1 aromatic heterocycles. The largest absolute Gasteiger partial charge is 0.454 e. The van der Waals surface area contributed by atoms with Gasteiger partial charge in [-0.3, -0.25) is 9.59 Å². The first-order valence-electron chi connectivity index (χ1n) is 13.2. The minimum absolute atomic E-state index is 0.00226. The van der Waals surface area contributed by atoms with Crippen molar-refractivity contribution in [2.45, 2.75) is 64.0 Å². The van der Waals surface area contributed by atoms with E-state index in [4.69, 9.17) is 9.47 Å². The van der Waals surface area contributed by atoms with Crippen LogP contribution in [0.4, 0.5) is 0 Å². The number of unbranched alkanes of at least 4 members (excludes halogenated alkanes) is 5. The maximum absolute atomic E-state index is 13.8. The van der Waals surface area contributed by atoms with Gasteiger partial charge in [0.2, 0.25) is 18.6 Å². The van der Waals surface area contributed by atoms with Crippen LogP contribution in [0.3, 0.4) is 0 Å². The van der Waals surface area contributed by atoms with Gasteiger partial charge in [-0.2, -0.15) is 0 Å². The lowest BCUT2D eigenvalue weighted by molar-refractivity contribution is -0.158. The van der Waals surface area contributed by atoms with Crippen molar-refractivity contribution in [1.82, 2.24) is 14.8 Å². The first-order valence-corrected chi connectivity index (χ1v) is 13.2. The number of aromatic amines is 1. The first kappa shape index (κ1) is 23.0. The van der Waals surface area contributed by atoms with E-state index in [9.17, 15) is 9.59 Å². The monoisotopic (exact) mass is 487 g/mol. The molecule has 0 unspecified atom stereocenters. The van der Waals surface area contributed by atoms with Gasteiger partial charge in [0.05, 0.1) is 12.6 Å². The second-order valence-electron chi connectivity index (χ2n) is 10.1. The molecule has 1 fully saturated rings. The van der Waals surface area contributed by atoms with E-state index in [2.05, 4.69) is 24.0 Å². The molecule has 1 N–H and O–H groups in total. The maximum atomic E-state index is 13.8. The van der Waals surface area contributed by atoms with Gasteiger partial charge in [0, 0.05) is 29.6 Å². The molecular formula is C29H33N3O4. The van der Waals surface area contributed by atoms with Crippen LogP contribution in [-0.4, -0.2) is 52.5 Å². The van der Waals surface area contributed by atoms with Crippen LogP contribution in [-0.2, 0) is 16.0 Å². The van der Waals surface area contributed by atoms with Crippen molar-refractivity contribution in [3.63, 3.8) is 0 Å². The number of rotatable bonds is 8. The summed E-state index contributed by atoms with van der Waals surface area (Å²) in [6.45, 7) is 3.19. The summed E-state index contributed by atoms with van der Waals surface area (Å²) in [5, 5.41) is 1.12. The van der Waals surface area contributed by atoms with Gasteiger partial charge >= 0.3 is 0 Å². The Kier molecular flexibility index (Phi) is 6.07. The molecule has 1 saturated heterocycles. The number of nitrogens with one attached hydrogen (secondary N) is 1. The normalized spacial score (nSPS) is 20.7. The summed E-state index contributed by atoms with van der Waals surface area (Å²) >= 11 is 0. The van der Waals surface area contributed by atoms with Crippen molar-refractivity contribution >= 4 is 22.7 Å². The van der Waals surface area contributed by atoms with Gasteiger partial charge in [-0.1, -0.05) is 63.3 Å². The number of hydrogen-bond acceptors (Lipinski definition) is 4. The minimum atomic E-state index is -0.506. The zero-order valence-corrected chi connectivity index (χ0v) is 20.8. The van der Waals surface area contributed by atoms with Crippen LogP contribution in [0, 0.1) is 0 Å². The van der Waals surface area contributed by atoms with Gasteiger partial charge in [0.25, 0.3) is 0 Å². The molecule has 3 aromatic rings. The molecule has 0 radical (unpaired) electrons. The van der Waals surface area contributed by atoms with Gasteiger partial charge in [0.1, 0.15) is 6.04 Å². The number of H-pyrrole nitrogens is 1.